The van der Waals surface area contributed by atoms with Crippen molar-refractivity contribution < 1.29 is 4.79 Å². The van der Waals surface area contributed by atoms with Crippen LogP contribution in [0.25, 0.3) is 10.8 Å². The van der Waals surface area contributed by atoms with E-state index in [2.05, 4.69) is 47.8 Å². The molecule has 3 N–H and O–H groups in total. The van der Waals surface area contributed by atoms with Crippen LogP contribution in [0.1, 0.15) is 11.1 Å². The highest BCUT2D eigenvalue weighted by molar-refractivity contribution is 6.30. The zero-order valence-corrected chi connectivity index (χ0v) is 17.1. The topological polar surface area (TPSA) is 58.4 Å². The number of carbonyl (C=O) groups excluding carboxylic acids is 1. The Bertz CT molecular complexity index is 989. The lowest BCUT2D eigenvalue weighted by molar-refractivity contribution is -0.133. The zero-order valence-electron chi connectivity index (χ0n) is 16.4. The summed E-state index contributed by atoms with van der Waals surface area (Å²) in [5, 5.41) is 6.73. The minimum Gasteiger partial charge on any atom is -0.338 e. The molecule has 3 aromatic rings. The highest BCUT2D eigenvalue weighted by Crippen LogP contribution is 2.18. The van der Waals surface area contributed by atoms with E-state index in [4.69, 9.17) is 17.3 Å². The predicted octanol–water partition coefficient (Wildman–Crippen LogP) is 3.41. The van der Waals surface area contributed by atoms with Gasteiger partial charge in [-0.1, -0.05) is 66.2 Å². The van der Waals surface area contributed by atoms with Crippen LogP contribution in [0.2, 0.25) is 5.02 Å². The summed E-state index contributed by atoms with van der Waals surface area (Å²) in [6, 6.07) is 22.2. The standard InChI is InChI=1S/C24H26ClN3O/c25-21-9-6-17(7-10-21)15-23(26)24(29)28-12-11-27-22(16-28)14-18-5-8-19-3-1-2-4-20(19)13-18/h1-10,13,22-23,27H,11-12,14-16,26H2/t22-,23-/m1/s1. The summed E-state index contributed by atoms with van der Waals surface area (Å²) in [6.07, 6.45) is 1.41. The molecule has 3 aromatic carbocycles. The molecule has 1 aliphatic heterocycles. The summed E-state index contributed by atoms with van der Waals surface area (Å²) in [7, 11) is 0. The monoisotopic (exact) mass is 407 g/mol. The molecular formula is C24H26ClN3O. The molecule has 1 saturated heterocycles. The number of nitrogens with one attached hydrogen (secondary N) is 1. The maximum atomic E-state index is 12.9. The van der Waals surface area contributed by atoms with E-state index in [9.17, 15) is 4.79 Å². The van der Waals surface area contributed by atoms with Gasteiger partial charge in [-0.3, -0.25) is 4.79 Å². The predicted molar refractivity (Wildman–Crippen MR) is 119 cm³/mol. The second-order valence-electron chi connectivity index (χ2n) is 7.76. The molecule has 4 nitrogen and oxygen atoms in total. The van der Waals surface area contributed by atoms with Gasteiger partial charge < -0.3 is 16.0 Å². The summed E-state index contributed by atoms with van der Waals surface area (Å²) in [5.74, 6) is 0.0185. The number of hydrogen-bond donors (Lipinski definition) is 2. The number of rotatable bonds is 5. The van der Waals surface area contributed by atoms with Crippen molar-refractivity contribution in [3.63, 3.8) is 0 Å². The molecule has 1 aliphatic rings. The van der Waals surface area contributed by atoms with Crippen molar-refractivity contribution in [1.82, 2.24) is 10.2 Å². The van der Waals surface area contributed by atoms with Gasteiger partial charge in [-0.15, -0.1) is 0 Å². The Morgan fingerprint density at radius 2 is 1.79 bits per heavy atom. The molecule has 4 rings (SSSR count). The fourth-order valence-electron chi connectivity index (χ4n) is 4.01. The van der Waals surface area contributed by atoms with Crippen LogP contribution in [0.4, 0.5) is 0 Å². The smallest absolute Gasteiger partial charge is 0.239 e. The summed E-state index contributed by atoms with van der Waals surface area (Å²) in [6.45, 7) is 2.17. The van der Waals surface area contributed by atoms with Crippen LogP contribution in [0.5, 0.6) is 0 Å². The van der Waals surface area contributed by atoms with E-state index < -0.39 is 6.04 Å². The van der Waals surface area contributed by atoms with Crippen LogP contribution in [0, 0.1) is 0 Å². The third-order valence-electron chi connectivity index (χ3n) is 5.55. The average Bonchev–Trinajstić information content (AvgIpc) is 2.75. The molecule has 0 saturated carbocycles. The van der Waals surface area contributed by atoms with Crippen molar-refractivity contribution in [3.8, 4) is 0 Å². The SMILES string of the molecule is N[C@H](Cc1ccc(Cl)cc1)C(=O)N1CCN[C@H](Cc2ccc3ccccc3c2)C1. The van der Waals surface area contributed by atoms with Crippen LogP contribution in [0.3, 0.4) is 0 Å². The van der Waals surface area contributed by atoms with E-state index in [1.807, 2.05) is 29.2 Å². The summed E-state index contributed by atoms with van der Waals surface area (Å²) < 4.78 is 0. The first-order valence-corrected chi connectivity index (χ1v) is 10.5. The molecule has 5 heteroatoms. The fourth-order valence-corrected chi connectivity index (χ4v) is 4.13. The molecule has 0 aromatic heterocycles. The third kappa shape index (κ3) is 4.96. The summed E-state index contributed by atoms with van der Waals surface area (Å²) in [4.78, 5) is 14.8. The number of hydrogen-bond acceptors (Lipinski definition) is 3. The molecule has 0 bridgehead atoms. The Hall–Kier alpha value is -2.40. The number of carbonyl (C=O) groups is 1. The second-order valence-corrected chi connectivity index (χ2v) is 8.19. The second kappa shape index (κ2) is 8.95. The van der Waals surface area contributed by atoms with Crippen LogP contribution in [-0.2, 0) is 17.6 Å². The van der Waals surface area contributed by atoms with Crippen LogP contribution in [0.15, 0.2) is 66.7 Å². The van der Waals surface area contributed by atoms with E-state index in [-0.39, 0.29) is 11.9 Å². The first-order chi connectivity index (χ1) is 14.1. The lowest BCUT2D eigenvalue weighted by Gasteiger charge is -2.35. The van der Waals surface area contributed by atoms with Gasteiger partial charge in [-0.05, 0) is 46.9 Å². The van der Waals surface area contributed by atoms with Crippen molar-refractivity contribution in [2.24, 2.45) is 5.73 Å². The van der Waals surface area contributed by atoms with Gasteiger partial charge in [0, 0.05) is 30.7 Å². The average molecular weight is 408 g/mol. The van der Waals surface area contributed by atoms with Gasteiger partial charge in [0.1, 0.15) is 0 Å². The number of piperazine rings is 1. The number of nitrogens with zero attached hydrogens (tertiary/aromatic N) is 1. The molecule has 0 unspecified atom stereocenters. The Morgan fingerprint density at radius 3 is 2.59 bits per heavy atom. The highest BCUT2D eigenvalue weighted by atomic mass is 35.5. The number of amides is 1. The lowest BCUT2D eigenvalue weighted by atomic mass is 9.99. The van der Waals surface area contributed by atoms with Gasteiger partial charge in [0.15, 0.2) is 0 Å². The minimum atomic E-state index is -0.532. The molecule has 150 valence electrons. The largest absolute Gasteiger partial charge is 0.338 e. The van der Waals surface area contributed by atoms with Crippen molar-refractivity contribution in [3.05, 3.63) is 82.9 Å². The number of benzene rings is 3. The Kier molecular flexibility index (Phi) is 6.14. The minimum absolute atomic E-state index is 0.0185. The van der Waals surface area contributed by atoms with E-state index in [1.165, 1.54) is 16.3 Å². The van der Waals surface area contributed by atoms with E-state index in [1.54, 1.807) is 0 Å². The molecule has 0 aliphatic carbocycles. The maximum absolute atomic E-state index is 12.9. The van der Waals surface area contributed by atoms with Gasteiger partial charge >= 0.3 is 0 Å². The van der Waals surface area contributed by atoms with Crippen molar-refractivity contribution >= 4 is 28.3 Å². The third-order valence-corrected chi connectivity index (χ3v) is 5.80. The van der Waals surface area contributed by atoms with Crippen LogP contribution < -0.4 is 11.1 Å². The Morgan fingerprint density at radius 1 is 1.07 bits per heavy atom. The van der Waals surface area contributed by atoms with Crippen molar-refractivity contribution in [2.75, 3.05) is 19.6 Å². The fraction of sp³-hybridized carbons (Fsp3) is 0.292. The molecular weight excluding hydrogens is 382 g/mol. The normalized spacial score (nSPS) is 18.0. The Balaban J connectivity index is 1.37. The van der Waals surface area contributed by atoms with Crippen molar-refractivity contribution in [1.29, 1.82) is 0 Å². The number of nitrogens with two attached hydrogens (primary N) is 1. The van der Waals surface area contributed by atoms with E-state index >= 15 is 0 Å². The van der Waals surface area contributed by atoms with E-state index in [0.29, 0.717) is 24.5 Å². The number of halogens is 1. The maximum Gasteiger partial charge on any atom is 0.239 e. The first kappa shape index (κ1) is 19.9. The molecule has 29 heavy (non-hydrogen) atoms. The quantitative estimate of drug-likeness (QED) is 0.681. The van der Waals surface area contributed by atoms with Gasteiger partial charge in [-0.25, -0.2) is 0 Å². The summed E-state index contributed by atoms with van der Waals surface area (Å²) in [5.41, 5.74) is 8.54. The van der Waals surface area contributed by atoms with Crippen LogP contribution in [-0.4, -0.2) is 42.5 Å². The van der Waals surface area contributed by atoms with Gasteiger partial charge in [0.05, 0.1) is 6.04 Å². The van der Waals surface area contributed by atoms with Gasteiger partial charge in [-0.2, -0.15) is 0 Å². The zero-order chi connectivity index (χ0) is 20.2. The molecule has 0 radical (unpaired) electrons. The highest BCUT2D eigenvalue weighted by Gasteiger charge is 2.27. The molecule has 2 atom stereocenters. The van der Waals surface area contributed by atoms with Crippen molar-refractivity contribution in [2.45, 2.75) is 24.9 Å². The van der Waals surface area contributed by atoms with E-state index in [0.717, 1.165) is 18.5 Å². The molecule has 1 heterocycles. The first-order valence-electron chi connectivity index (χ1n) is 10.1. The Labute approximate surface area is 176 Å². The molecule has 0 spiro atoms. The molecule has 1 amide bonds. The molecule has 1 fully saturated rings. The van der Waals surface area contributed by atoms with Gasteiger partial charge in [0.25, 0.3) is 0 Å². The lowest BCUT2D eigenvalue weighted by Crippen LogP contribution is -2.57. The summed E-state index contributed by atoms with van der Waals surface area (Å²) >= 11 is 5.93. The van der Waals surface area contributed by atoms with Gasteiger partial charge in [0.2, 0.25) is 5.91 Å². The number of fused-ring (bicyclic) bond motifs is 1. The van der Waals surface area contributed by atoms with Crippen LogP contribution >= 0.6 is 11.6 Å².